The smallest absolute Gasteiger partial charge is 0.224 e. The molecule has 0 amide bonds. The molecule has 3 heterocycles. The van der Waals surface area contributed by atoms with Crippen molar-refractivity contribution in [2.24, 2.45) is 5.92 Å². The van der Waals surface area contributed by atoms with Gasteiger partial charge in [0.1, 0.15) is 28.1 Å². The van der Waals surface area contributed by atoms with Crippen LogP contribution < -0.4 is 10.6 Å². The summed E-state index contributed by atoms with van der Waals surface area (Å²) in [5.41, 5.74) is 1.39. The fourth-order valence-corrected chi connectivity index (χ4v) is 5.51. The molecule has 0 aliphatic heterocycles. The standard InChI is InChI=1S/C23H31FN6O3S/c1-11-16(21-29-17-12(2)25-7-6-15(17)34-21)20(30-22(27-11)26-8-9-33-5)28-14-10-13(23(3,4)24)18(31)19(14)32/h6-7,13-14,18-19,31-32H,8-10H2,1-5H3,(H2,26,27,28,30)/t13-,14+,18+,19-/m0/s1. The van der Waals surface area contributed by atoms with Crippen molar-refractivity contribution in [2.45, 2.75) is 58.0 Å². The van der Waals surface area contributed by atoms with Crippen LogP contribution in [-0.4, -0.2) is 74.3 Å². The van der Waals surface area contributed by atoms with Crippen molar-refractivity contribution >= 4 is 33.3 Å². The van der Waals surface area contributed by atoms with E-state index in [1.165, 1.54) is 25.2 Å². The Morgan fingerprint density at radius 2 is 1.94 bits per heavy atom. The average molecular weight is 491 g/mol. The summed E-state index contributed by atoms with van der Waals surface area (Å²) >= 11 is 1.50. The maximum atomic E-state index is 14.7. The average Bonchev–Trinajstić information content (AvgIpc) is 3.31. The minimum absolute atomic E-state index is 0.254. The summed E-state index contributed by atoms with van der Waals surface area (Å²) in [7, 11) is 1.61. The van der Waals surface area contributed by atoms with E-state index in [0.717, 1.165) is 15.9 Å². The summed E-state index contributed by atoms with van der Waals surface area (Å²) < 4.78 is 20.8. The number of fused-ring (bicyclic) bond motifs is 1. The molecule has 3 aromatic heterocycles. The molecule has 4 atom stereocenters. The number of nitrogens with one attached hydrogen (secondary N) is 2. The van der Waals surface area contributed by atoms with E-state index >= 15 is 0 Å². The molecule has 4 N–H and O–H groups in total. The van der Waals surface area contributed by atoms with Crippen molar-refractivity contribution in [3.8, 4) is 10.6 Å². The number of pyridine rings is 1. The second kappa shape index (κ2) is 9.65. The zero-order valence-electron chi connectivity index (χ0n) is 20.0. The molecule has 3 aromatic rings. The van der Waals surface area contributed by atoms with Gasteiger partial charge in [0.15, 0.2) is 0 Å². The highest BCUT2D eigenvalue weighted by Crippen LogP contribution is 2.41. The van der Waals surface area contributed by atoms with Gasteiger partial charge >= 0.3 is 0 Å². The van der Waals surface area contributed by atoms with Crippen molar-refractivity contribution in [3.63, 3.8) is 0 Å². The van der Waals surface area contributed by atoms with E-state index in [-0.39, 0.29) is 6.42 Å². The highest BCUT2D eigenvalue weighted by atomic mass is 32.1. The number of halogens is 1. The Bertz CT molecular complexity index is 1170. The van der Waals surface area contributed by atoms with Gasteiger partial charge in [-0.1, -0.05) is 0 Å². The lowest BCUT2D eigenvalue weighted by atomic mass is 9.89. The van der Waals surface area contributed by atoms with Crippen LogP contribution in [0, 0.1) is 19.8 Å². The van der Waals surface area contributed by atoms with Crippen LogP contribution in [0.3, 0.4) is 0 Å². The van der Waals surface area contributed by atoms with Crippen LogP contribution in [0.25, 0.3) is 20.8 Å². The SMILES string of the molecule is COCCNc1nc(C)c(-c2nc3c(C)nccc3s2)c(N[C@@H]2C[C@H](C(C)(C)F)[C@@H](O)[C@H]2O)n1. The number of rotatable bonds is 8. The van der Waals surface area contributed by atoms with Crippen molar-refractivity contribution < 1.29 is 19.3 Å². The highest BCUT2D eigenvalue weighted by Gasteiger charge is 2.48. The normalized spacial score (nSPS) is 22.9. The van der Waals surface area contributed by atoms with Gasteiger partial charge in [0.25, 0.3) is 0 Å². The molecule has 1 aliphatic carbocycles. The van der Waals surface area contributed by atoms with Crippen molar-refractivity contribution in [2.75, 3.05) is 30.9 Å². The quantitative estimate of drug-likeness (QED) is 0.353. The number of hydrogen-bond donors (Lipinski definition) is 4. The predicted octanol–water partition coefficient (Wildman–Crippen LogP) is 3.09. The minimum atomic E-state index is -1.63. The third-order valence-electron chi connectivity index (χ3n) is 6.27. The summed E-state index contributed by atoms with van der Waals surface area (Å²) in [5, 5.41) is 28.3. The van der Waals surface area contributed by atoms with Gasteiger partial charge in [0.05, 0.1) is 40.4 Å². The van der Waals surface area contributed by atoms with Gasteiger partial charge in [-0.3, -0.25) is 4.98 Å². The van der Waals surface area contributed by atoms with Crippen molar-refractivity contribution in [3.05, 3.63) is 23.7 Å². The van der Waals surface area contributed by atoms with E-state index in [9.17, 15) is 14.6 Å². The first-order valence-corrected chi connectivity index (χ1v) is 12.1. The van der Waals surface area contributed by atoms with Crippen molar-refractivity contribution in [1.29, 1.82) is 0 Å². The van der Waals surface area contributed by atoms with Crippen molar-refractivity contribution in [1.82, 2.24) is 19.9 Å². The Morgan fingerprint density at radius 1 is 1.18 bits per heavy atom. The van der Waals surface area contributed by atoms with Crippen LogP contribution in [0.1, 0.15) is 31.7 Å². The Morgan fingerprint density at radius 3 is 2.59 bits per heavy atom. The molecule has 0 radical (unpaired) electrons. The van der Waals surface area contributed by atoms with E-state index in [2.05, 4.69) is 25.6 Å². The van der Waals surface area contributed by atoms with E-state index in [1.807, 2.05) is 19.9 Å². The van der Waals surface area contributed by atoms with Gasteiger partial charge in [0, 0.05) is 25.8 Å². The minimum Gasteiger partial charge on any atom is -0.390 e. The predicted molar refractivity (Wildman–Crippen MR) is 131 cm³/mol. The fourth-order valence-electron chi connectivity index (χ4n) is 4.40. The molecule has 0 bridgehead atoms. The molecular formula is C23H31FN6O3S. The molecule has 11 heteroatoms. The first kappa shape index (κ1) is 24.6. The van der Waals surface area contributed by atoms with E-state index in [0.29, 0.717) is 41.2 Å². The summed E-state index contributed by atoms with van der Waals surface area (Å²) in [4.78, 5) is 18.4. The first-order valence-electron chi connectivity index (χ1n) is 11.3. The van der Waals surface area contributed by atoms with Crippen LogP contribution in [0.4, 0.5) is 16.2 Å². The number of aliphatic hydroxyl groups excluding tert-OH is 2. The summed E-state index contributed by atoms with van der Waals surface area (Å²) in [5.74, 6) is 0.155. The second-order valence-electron chi connectivity index (χ2n) is 9.18. The number of hydrogen-bond acceptors (Lipinski definition) is 10. The molecule has 184 valence electrons. The van der Waals surface area contributed by atoms with Crippen LogP contribution in [0.5, 0.6) is 0 Å². The molecule has 9 nitrogen and oxygen atoms in total. The monoisotopic (exact) mass is 490 g/mol. The lowest BCUT2D eigenvalue weighted by Crippen LogP contribution is -2.38. The Hall–Kier alpha value is -2.47. The number of alkyl halides is 1. The largest absolute Gasteiger partial charge is 0.390 e. The molecular weight excluding hydrogens is 459 g/mol. The van der Waals surface area contributed by atoms with E-state index < -0.39 is 29.8 Å². The number of aromatic nitrogens is 4. The number of nitrogens with zero attached hydrogens (tertiary/aromatic N) is 4. The molecule has 0 saturated heterocycles. The third-order valence-corrected chi connectivity index (χ3v) is 7.31. The molecule has 1 fully saturated rings. The molecule has 34 heavy (non-hydrogen) atoms. The topological polar surface area (TPSA) is 125 Å². The number of methoxy groups -OCH3 is 1. The Labute approximate surface area is 201 Å². The van der Waals surface area contributed by atoms with Crippen LogP contribution >= 0.6 is 11.3 Å². The van der Waals surface area contributed by atoms with Gasteiger partial charge < -0.3 is 25.6 Å². The van der Waals surface area contributed by atoms with E-state index in [1.54, 1.807) is 13.3 Å². The van der Waals surface area contributed by atoms with Gasteiger partial charge in [-0.15, -0.1) is 11.3 Å². The van der Waals surface area contributed by atoms with E-state index in [4.69, 9.17) is 9.72 Å². The van der Waals surface area contributed by atoms with Gasteiger partial charge in [-0.05, 0) is 40.2 Å². The zero-order valence-corrected chi connectivity index (χ0v) is 20.8. The number of thiazole rings is 1. The molecule has 1 saturated carbocycles. The highest BCUT2D eigenvalue weighted by molar-refractivity contribution is 7.21. The molecule has 0 spiro atoms. The fraction of sp³-hybridized carbons (Fsp3) is 0.565. The maximum Gasteiger partial charge on any atom is 0.224 e. The summed E-state index contributed by atoms with van der Waals surface area (Å²) in [6.45, 7) is 7.62. The number of aliphatic hydroxyl groups is 2. The van der Waals surface area contributed by atoms with Crippen LogP contribution in [0.15, 0.2) is 12.3 Å². The zero-order chi connectivity index (χ0) is 24.6. The first-order chi connectivity index (χ1) is 16.1. The van der Waals surface area contributed by atoms with Gasteiger partial charge in [-0.2, -0.15) is 4.98 Å². The van der Waals surface area contributed by atoms with Gasteiger partial charge in [0.2, 0.25) is 5.95 Å². The molecule has 1 aliphatic rings. The number of aryl methyl sites for hydroxylation is 2. The van der Waals surface area contributed by atoms with Crippen LogP contribution in [0.2, 0.25) is 0 Å². The van der Waals surface area contributed by atoms with Crippen LogP contribution in [-0.2, 0) is 4.74 Å². The van der Waals surface area contributed by atoms with Gasteiger partial charge in [-0.25, -0.2) is 14.4 Å². The maximum absolute atomic E-state index is 14.7. The lowest BCUT2D eigenvalue weighted by Gasteiger charge is -2.25. The molecule has 4 rings (SSSR count). The number of ether oxygens (including phenoxy) is 1. The number of anilines is 2. The molecule has 0 aromatic carbocycles. The summed E-state index contributed by atoms with van der Waals surface area (Å²) in [6.07, 6.45) is -0.321. The second-order valence-corrected chi connectivity index (χ2v) is 10.2. The lowest BCUT2D eigenvalue weighted by molar-refractivity contribution is -0.0242. The Kier molecular flexibility index (Phi) is 6.99. The third kappa shape index (κ3) is 4.83. The Balaban J connectivity index is 1.75. The molecule has 0 unspecified atom stereocenters. The summed E-state index contributed by atoms with van der Waals surface area (Å²) in [6, 6.07) is 1.33.